The Hall–Kier alpha value is -0.160. The Labute approximate surface area is 80.2 Å². The molecule has 0 amide bonds. The Morgan fingerprint density at radius 3 is 2.67 bits per heavy atom. The monoisotopic (exact) mass is 206 g/mol. The Bertz CT molecular complexity index is 269. The molecule has 5 heteroatoms. The highest BCUT2D eigenvalue weighted by Gasteiger charge is 2.26. The summed E-state index contributed by atoms with van der Waals surface area (Å²) in [5, 5.41) is 10.2. The second-order valence-corrected chi connectivity index (χ2v) is 4.92. The van der Waals surface area contributed by atoms with Gasteiger partial charge < -0.3 is 10.8 Å². The van der Waals surface area contributed by atoms with Gasteiger partial charge in [-0.1, -0.05) is 11.6 Å². The zero-order chi connectivity index (χ0) is 9.35. The number of thiazole rings is 1. The topological polar surface area (TPSA) is 59.1 Å². The molecular weight excluding hydrogens is 196 g/mol. The molecule has 1 aromatic rings. The summed E-state index contributed by atoms with van der Waals surface area (Å²) in [6, 6.07) is 0. The van der Waals surface area contributed by atoms with Gasteiger partial charge in [-0.05, 0) is 13.8 Å². The van der Waals surface area contributed by atoms with Gasteiger partial charge >= 0.3 is 0 Å². The Balaban J connectivity index is 2.85. The predicted octanol–water partition coefficient (Wildman–Crippen LogP) is 1.57. The van der Waals surface area contributed by atoms with Gasteiger partial charge in [0.25, 0.3) is 0 Å². The number of aliphatic hydroxyl groups is 1. The van der Waals surface area contributed by atoms with Crippen LogP contribution in [0.1, 0.15) is 25.0 Å². The molecule has 0 aliphatic heterocycles. The minimum atomic E-state index is -0.755. The fraction of sp³-hybridized carbons (Fsp3) is 0.571. The second kappa shape index (κ2) is 3.30. The number of nitrogens with zero attached hydrogens (tertiary/aromatic N) is 1. The van der Waals surface area contributed by atoms with Crippen LogP contribution in [0.25, 0.3) is 0 Å². The molecule has 0 aromatic carbocycles. The van der Waals surface area contributed by atoms with Crippen LogP contribution in [0.2, 0.25) is 4.34 Å². The van der Waals surface area contributed by atoms with Crippen molar-refractivity contribution in [3.63, 3.8) is 0 Å². The van der Waals surface area contributed by atoms with Crippen LogP contribution in [0, 0.1) is 0 Å². The average molecular weight is 207 g/mol. The van der Waals surface area contributed by atoms with Crippen molar-refractivity contribution in [1.82, 2.24) is 4.98 Å². The first-order chi connectivity index (χ1) is 5.41. The van der Waals surface area contributed by atoms with Crippen molar-refractivity contribution in [2.45, 2.75) is 25.5 Å². The number of hydrogen-bond donors (Lipinski definition) is 2. The maximum Gasteiger partial charge on any atom is 0.125 e. The number of halogens is 1. The number of hydrogen-bond acceptors (Lipinski definition) is 4. The van der Waals surface area contributed by atoms with E-state index in [1.807, 2.05) is 0 Å². The molecule has 3 nitrogen and oxygen atoms in total. The van der Waals surface area contributed by atoms with Gasteiger partial charge in [-0.25, -0.2) is 4.98 Å². The summed E-state index contributed by atoms with van der Waals surface area (Å²) in [6.45, 7) is 3.49. The number of aliphatic hydroxyl groups excluding tert-OH is 1. The maximum absolute atomic E-state index is 9.63. The van der Waals surface area contributed by atoms with Gasteiger partial charge in [0, 0.05) is 5.54 Å². The van der Waals surface area contributed by atoms with Crippen molar-refractivity contribution in [3.05, 3.63) is 15.5 Å². The summed E-state index contributed by atoms with van der Waals surface area (Å²) >= 11 is 6.91. The van der Waals surface area contributed by atoms with Crippen LogP contribution in [0.3, 0.4) is 0 Å². The van der Waals surface area contributed by atoms with E-state index in [1.165, 1.54) is 17.5 Å². The molecule has 0 bridgehead atoms. The molecule has 3 N–H and O–H groups in total. The van der Waals surface area contributed by atoms with Gasteiger partial charge in [0.15, 0.2) is 0 Å². The Kier molecular flexibility index (Phi) is 2.73. The molecule has 1 atom stereocenters. The van der Waals surface area contributed by atoms with E-state index in [4.69, 9.17) is 17.3 Å². The normalized spacial score (nSPS) is 14.8. The zero-order valence-corrected chi connectivity index (χ0v) is 8.49. The molecule has 12 heavy (non-hydrogen) atoms. The predicted molar refractivity (Wildman–Crippen MR) is 50.4 cm³/mol. The van der Waals surface area contributed by atoms with Crippen LogP contribution in [0.15, 0.2) is 6.20 Å². The van der Waals surface area contributed by atoms with Crippen molar-refractivity contribution < 1.29 is 5.11 Å². The highest BCUT2D eigenvalue weighted by atomic mass is 35.5. The number of nitrogens with two attached hydrogens (primary N) is 1. The second-order valence-electron chi connectivity index (χ2n) is 3.23. The number of aromatic nitrogens is 1. The van der Waals surface area contributed by atoms with E-state index in [9.17, 15) is 5.11 Å². The van der Waals surface area contributed by atoms with Crippen LogP contribution in [-0.4, -0.2) is 15.6 Å². The summed E-state index contributed by atoms with van der Waals surface area (Å²) in [6.07, 6.45) is 0.756. The van der Waals surface area contributed by atoms with Gasteiger partial charge in [-0.3, -0.25) is 0 Å². The van der Waals surface area contributed by atoms with E-state index in [-0.39, 0.29) is 0 Å². The lowest BCUT2D eigenvalue weighted by atomic mass is 10.00. The highest BCUT2D eigenvalue weighted by Crippen LogP contribution is 2.29. The van der Waals surface area contributed by atoms with Crippen molar-refractivity contribution in [2.75, 3.05) is 0 Å². The van der Waals surface area contributed by atoms with E-state index in [2.05, 4.69) is 4.98 Å². The van der Waals surface area contributed by atoms with Crippen molar-refractivity contribution in [2.24, 2.45) is 5.73 Å². The van der Waals surface area contributed by atoms with Gasteiger partial charge in [0.1, 0.15) is 15.4 Å². The van der Waals surface area contributed by atoms with Crippen LogP contribution in [0.4, 0.5) is 0 Å². The summed E-state index contributed by atoms with van der Waals surface area (Å²) in [7, 11) is 0. The van der Waals surface area contributed by atoms with Crippen LogP contribution >= 0.6 is 22.9 Å². The van der Waals surface area contributed by atoms with Crippen LogP contribution in [-0.2, 0) is 0 Å². The van der Waals surface area contributed by atoms with E-state index in [0.717, 1.165) is 0 Å². The van der Waals surface area contributed by atoms with E-state index in [1.54, 1.807) is 13.8 Å². The largest absolute Gasteiger partial charge is 0.384 e. The van der Waals surface area contributed by atoms with Gasteiger partial charge in [-0.15, -0.1) is 11.3 Å². The standard InChI is InChI=1S/C7H11ClN2OS/c1-7(2,9)5(11)6-10-3-4(8)12-6/h3,5,11H,9H2,1-2H3. The van der Waals surface area contributed by atoms with Crippen LogP contribution in [0.5, 0.6) is 0 Å². The van der Waals surface area contributed by atoms with E-state index < -0.39 is 11.6 Å². The summed E-state index contributed by atoms with van der Waals surface area (Å²) in [5.74, 6) is 0. The third kappa shape index (κ3) is 2.17. The quantitative estimate of drug-likeness (QED) is 0.772. The lowest BCUT2D eigenvalue weighted by Gasteiger charge is -2.23. The molecule has 1 rings (SSSR count). The van der Waals surface area contributed by atoms with Crippen molar-refractivity contribution in [3.8, 4) is 0 Å². The molecule has 0 aliphatic carbocycles. The maximum atomic E-state index is 9.63. The zero-order valence-electron chi connectivity index (χ0n) is 6.91. The Morgan fingerprint density at radius 1 is 1.75 bits per heavy atom. The fourth-order valence-corrected chi connectivity index (χ4v) is 1.82. The van der Waals surface area contributed by atoms with Crippen molar-refractivity contribution >= 4 is 22.9 Å². The average Bonchev–Trinajstić information content (AvgIpc) is 2.32. The molecule has 0 saturated heterocycles. The first-order valence-electron chi connectivity index (χ1n) is 3.49. The Morgan fingerprint density at radius 2 is 2.33 bits per heavy atom. The molecule has 0 spiro atoms. The molecule has 0 fully saturated rings. The third-order valence-electron chi connectivity index (χ3n) is 1.43. The first-order valence-corrected chi connectivity index (χ1v) is 4.69. The van der Waals surface area contributed by atoms with Crippen LogP contribution < -0.4 is 5.73 Å². The highest BCUT2D eigenvalue weighted by molar-refractivity contribution is 7.15. The van der Waals surface area contributed by atoms with Gasteiger partial charge in [0.05, 0.1) is 6.20 Å². The SMILES string of the molecule is CC(C)(N)C(O)c1ncc(Cl)s1. The molecule has 1 heterocycles. The minimum absolute atomic E-state index is 0.563. The molecule has 1 aromatic heterocycles. The number of rotatable bonds is 2. The lowest BCUT2D eigenvalue weighted by Crippen LogP contribution is -2.39. The van der Waals surface area contributed by atoms with Gasteiger partial charge in [0.2, 0.25) is 0 Å². The molecule has 68 valence electrons. The summed E-state index contributed by atoms with van der Waals surface area (Å²) < 4.78 is 0.563. The molecule has 0 aliphatic rings. The summed E-state index contributed by atoms with van der Waals surface area (Å²) in [5.41, 5.74) is 5.01. The van der Waals surface area contributed by atoms with E-state index >= 15 is 0 Å². The first kappa shape index (κ1) is 9.92. The fourth-order valence-electron chi connectivity index (χ4n) is 0.712. The summed E-state index contributed by atoms with van der Waals surface area (Å²) in [4.78, 5) is 3.94. The molecule has 0 radical (unpaired) electrons. The minimum Gasteiger partial charge on any atom is -0.384 e. The van der Waals surface area contributed by atoms with Gasteiger partial charge in [-0.2, -0.15) is 0 Å². The molecular formula is C7H11ClN2OS. The smallest absolute Gasteiger partial charge is 0.125 e. The van der Waals surface area contributed by atoms with Crippen molar-refractivity contribution in [1.29, 1.82) is 0 Å². The molecule has 1 unspecified atom stereocenters. The molecule has 0 saturated carbocycles. The lowest BCUT2D eigenvalue weighted by molar-refractivity contribution is 0.104. The third-order valence-corrected chi connectivity index (χ3v) is 2.60. The van der Waals surface area contributed by atoms with E-state index in [0.29, 0.717) is 9.34 Å².